The number of para-hydroxylation sites is 1. The smallest absolute Gasteiger partial charge is 0.495 e. The van der Waals surface area contributed by atoms with Crippen LogP contribution >= 0.6 is 0 Å². The zero-order valence-electron chi connectivity index (χ0n) is 16.9. The number of amides is 1. The van der Waals surface area contributed by atoms with Crippen molar-refractivity contribution in [3.8, 4) is 5.75 Å². The van der Waals surface area contributed by atoms with E-state index in [0.29, 0.717) is 34.1 Å². The molecule has 10 heteroatoms. The van der Waals surface area contributed by atoms with Gasteiger partial charge in [-0.3, -0.25) is 9.78 Å². The van der Waals surface area contributed by atoms with Crippen LogP contribution in [-0.4, -0.2) is 31.9 Å². The van der Waals surface area contributed by atoms with E-state index in [4.69, 9.17) is 4.74 Å². The van der Waals surface area contributed by atoms with Crippen LogP contribution in [0, 0.1) is 6.92 Å². The quantitative estimate of drug-likeness (QED) is 0.609. The highest BCUT2D eigenvalue weighted by molar-refractivity contribution is 7.92. The number of methoxy groups -OCH3 is 1. The first-order valence-electron chi connectivity index (χ1n) is 9.20. The SMILES string of the molecule is CCc1nc2ccccc2c(C(=O)Nc2cc(S(=O)(=O)C(F)(F)F)ccc2OC)c1C. The number of hydrogen-bond donors (Lipinski definition) is 1. The van der Waals surface area contributed by atoms with Crippen LogP contribution in [0.1, 0.15) is 28.5 Å². The van der Waals surface area contributed by atoms with E-state index in [-0.39, 0.29) is 11.4 Å². The molecule has 1 amide bonds. The van der Waals surface area contributed by atoms with Crippen molar-refractivity contribution in [3.05, 3.63) is 59.3 Å². The van der Waals surface area contributed by atoms with Gasteiger partial charge in [-0.25, -0.2) is 8.42 Å². The summed E-state index contributed by atoms with van der Waals surface area (Å²) in [4.78, 5) is 16.7. The third-order valence-electron chi connectivity index (χ3n) is 4.83. The van der Waals surface area contributed by atoms with Crippen LogP contribution in [0.4, 0.5) is 18.9 Å². The molecule has 3 rings (SSSR count). The number of benzene rings is 2. The zero-order valence-corrected chi connectivity index (χ0v) is 17.7. The molecule has 0 atom stereocenters. The van der Waals surface area contributed by atoms with E-state index < -0.39 is 26.1 Å². The fraction of sp³-hybridized carbons (Fsp3) is 0.238. The number of hydrogen-bond acceptors (Lipinski definition) is 5. The number of halogens is 3. The largest absolute Gasteiger partial charge is 0.501 e. The van der Waals surface area contributed by atoms with Gasteiger partial charge in [0.2, 0.25) is 0 Å². The first-order valence-corrected chi connectivity index (χ1v) is 10.7. The summed E-state index contributed by atoms with van der Waals surface area (Å²) >= 11 is 0. The number of carbonyl (C=O) groups is 1. The predicted octanol–water partition coefficient (Wildman–Crippen LogP) is 4.66. The minimum absolute atomic E-state index is 0.0150. The summed E-state index contributed by atoms with van der Waals surface area (Å²) in [5.41, 5.74) is -3.46. The molecular weight excluding hydrogens is 433 g/mol. The maximum atomic E-state index is 13.2. The van der Waals surface area contributed by atoms with Crippen LogP contribution in [-0.2, 0) is 16.3 Å². The number of anilines is 1. The van der Waals surface area contributed by atoms with E-state index in [1.807, 2.05) is 6.92 Å². The molecule has 0 bridgehead atoms. The molecule has 2 aromatic carbocycles. The number of aromatic nitrogens is 1. The first-order chi connectivity index (χ1) is 14.5. The van der Waals surface area contributed by atoms with Gasteiger partial charge in [0, 0.05) is 11.1 Å². The van der Waals surface area contributed by atoms with Crippen LogP contribution < -0.4 is 10.1 Å². The Kier molecular flexibility index (Phi) is 5.95. The maximum absolute atomic E-state index is 13.2. The van der Waals surface area contributed by atoms with E-state index in [1.54, 1.807) is 31.2 Å². The van der Waals surface area contributed by atoms with Crippen molar-refractivity contribution in [3.63, 3.8) is 0 Å². The molecule has 0 aliphatic heterocycles. The van der Waals surface area contributed by atoms with E-state index in [2.05, 4.69) is 10.3 Å². The van der Waals surface area contributed by atoms with Crippen LogP contribution in [0.5, 0.6) is 5.75 Å². The number of nitrogens with one attached hydrogen (secondary N) is 1. The molecule has 0 aliphatic carbocycles. The molecule has 0 aliphatic rings. The topological polar surface area (TPSA) is 85.4 Å². The summed E-state index contributed by atoms with van der Waals surface area (Å²) in [6, 6.07) is 9.55. The van der Waals surface area contributed by atoms with Crippen LogP contribution in [0.3, 0.4) is 0 Å². The maximum Gasteiger partial charge on any atom is 0.501 e. The molecule has 3 aromatic rings. The van der Waals surface area contributed by atoms with Crippen molar-refractivity contribution in [2.24, 2.45) is 0 Å². The Bertz CT molecular complexity index is 1270. The molecule has 1 aromatic heterocycles. The summed E-state index contributed by atoms with van der Waals surface area (Å²) in [5.74, 6) is -0.605. The molecule has 0 spiro atoms. The van der Waals surface area contributed by atoms with Crippen molar-refractivity contribution in [1.82, 2.24) is 4.98 Å². The van der Waals surface area contributed by atoms with Crippen molar-refractivity contribution < 1.29 is 31.1 Å². The van der Waals surface area contributed by atoms with Crippen LogP contribution in [0.15, 0.2) is 47.4 Å². The lowest BCUT2D eigenvalue weighted by Crippen LogP contribution is -2.23. The van der Waals surface area contributed by atoms with Crippen molar-refractivity contribution in [2.45, 2.75) is 30.7 Å². The Morgan fingerprint density at radius 2 is 1.84 bits per heavy atom. The number of rotatable bonds is 5. The highest BCUT2D eigenvalue weighted by atomic mass is 32.2. The molecule has 1 heterocycles. The fourth-order valence-corrected chi connectivity index (χ4v) is 4.05. The number of aryl methyl sites for hydroxylation is 1. The molecule has 31 heavy (non-hydrogen) atoms. The number of sulfone groups is 1. The Morgan fingerprint density at radius 3 is 2.45 bits per heavy atom. The molecular formula is C21H19F3N2O4S. The van der Waals surface area contributed by atoms with Crippen molar-refractivity contribution in [2.75, 3.05) is 12.4 Å². The van der Waals surface area contributed by atoms with E-state index >= 15 is 0 Å². The Labute approximate surface area is 177 Å². The molecule has 6 nitrogen and oxygen atoms in total. The monoisotopic (exact) mass is 452 g/mol. The van der Waals surface area contributed by atoms with Gasteiger partial charge in [-0.05, 0) is 43.2 Å². The van der Waals surface area contributed by atoms with Crippen LogP contribution in [0.2, 0.25) is 0 Å². The second-order valence-electron chi connectivity index (χ2n) is 6.69. The predicted molar refractivity (Wildman–Crippen MR) is 110 cm³/mol. The highest BCUT2D eigenvalue weighted by Gasteiger charge is 2.47. The normalized spacial score (nSPS) is 12.1. The molecule has 0 saturated heterocycles. The van der Waals surface area contributed by atoms with Crippen LogP contribution in [0.25, 0.3) is 10.9 Å². The molecule has 1 N–H and O–H groups in total. The highest BCUT2D eigenvalue weighted by Crippen LogP contribution is 2.35. The number of fused-ring (bicyclic) bond motifs is 1. The average molecular weight is 452 g/mol. The van der Waals surface area contributed by atoms with Gasteiger partial charge >= 0.3 is 5.51 Å². The van der Waals surface area contributed by atoms with Gasteiger partial charge in [-0.15, -0.1) is 0 Å². The van der Waals surface area contributed by atoms with Crippen molar-refractivity contribution in [1.29, 1.82) is 0 Å². The summed E-state index contributed by atoms with van der Waals surface area (Å²) in [5, 5.41) is 3.07. The second-order valence-corrected chi connectivity index (χ2v) is 8.64. The number of carbonyl (C=O) groups excluding carboxylic acids is 1. The summed E-state index contributed by atoms with van der Waals surface area (Å²) in [6.07, 6.45) is 0.569. The van der Waals surface area contributed by atoms with Gasteiger partial charge in [-0.1, -0.05) is 25.1 Å². The number of alkyl halides is 3. The third kappa shape index (κ3) is 4.07. The Morgan fingerprint density at radius 1 is 1.16 bits per heavy atom. The van der Waals surface area contributed by atoms with Gasteiger partial charge in [0.05, 0.1) is 28.8 Å². The lowest BCUT2D eigenvalue weighted by Gasteiger charge is -2.16. The number of nitrogens with zero attached hydrogens (tertiary/aromatic N) is 1. The van der Waals surface area contributed by atoms with E-state index in [0.717, 1.165) is 18.2 Å². The zero-order chi connectivity index (χ0) is 23.0. The van der Waals surface area contributed by atoms with Gasteiger partial charge in [0.25, 0.3) is 15.7 Å². The third-order valence-corrected chi connectivity index (χ3v) is 6.32. The molecule has 0 radical (unpaired) electrons. The lowest BCUT2D eigenvalue weighted by molar-refractivity contribution is -0.0436. The first kappa shape index (κ1) is 22.5. The Hall–Kier alpha value is -3.14. The summed E-state index contributed by atoms with van der Waals surface area (Å²) in [7, 11) is -4.34. The standard InChI is InChI=1S/C21H19F3N2O4S/c1-4-15-12(2)19(14-7-5-6-8-16(14)25-15)20(27)26-17-11-13(9-10-18(17)30-3)31(28,29)21(22,23)24/h5-11H,4H2,1-3H3,(H,26,27). The fourth-order valence-electron chi connectivity index (χ4n) is 3.27. The number of ether oxygens (including phenoxy) is 1. The van der Waals surface area contributed by atoms with Gasteiger partial charge < -0.3 is 10.1 Å². The summed E-state index contributed by atoms with van der Waals surface area (Å²) in [6.45, 7) is 3.62. The average Bonchev–Trinajstić information content (AvgIpc) is 2.72. The van der Waals surface area contributed by atoms with Gasteiger partial charge in [0.1, 0.15) is 5.75 Å². The molecule has 0 saturated carbocycles. The van der Waals surface area contributed by atoms with Gasteiger partial charge in [-0.2, -0.15) is 13.2 Å². The second kappa shape index (κ2) is 8.18. The van der Waals surface area contributed by atoms with Crippen molar-refractivity contribution >= 4 is 32.3 Å². The number of pyridine rings is 1. The Balaban J connectivity index is 2.13. The van der Waals surface area contributed by atoms with E-state index in [1.165, 1.54) is 7.11 Å². The minimum Gasteiger partial charge on any atom is -0.495 e. The van der Waals surface area contributed by atoms with Gasteiger partial charge in [0.15, 0.2) is 0 Å². The summed E-state index contributed by atoms with van der Waals surface area (Å²) < 4.78 is 67.5. The van der Waals surface area contributed by atoms with E-state index in [9.17, 15) is 26.4 Å². The molecule has 0 unspecified atom stereocenters. The minimum atomic E-state index is -5.59. The molecule has 0 fully saturated rings. The molecule has 164 valence electrons. The lowest BCUT2D eigenvalue weighted by atomic mass is 9.99.